The van der Waals surface area contributed by atoms with E-state index in [2.05, 4.69) is 29.3 Å². The van der Waals surface area contributed by atoms with E-state index in [1.807, 2.05) is 0 Å². The summed E-state index contributed by atoms with van der Waals surface area (Å²) >= 11 is 0. The van der Waals surface area contributed by atoms with E-state index in [1.165, 1.54) is 19.3 Å². The van der Waals surface area contributed by atoms with E-state index in [0.717, 1.165) is 37.0 Å². The lowest BCUT2D eigenvalue weighted by Crippen LogP contribution is -2.35. The van der Waals surface area contributed by atoms with Crippen LogP contribution in [0.25, 0.3) is 0 Å². The number of rotatable bonds is 8. The molecule has 1 aliphatic rings. The molecular weight excluding hydrogens is 254 g/mol. The van der Waals surface area contributed by atoms with Gasteiger partial charge >= 0.3 is 0 Å². The summed E-state index contributed by atoms with van der Waals surface area (Å²) in [6.45, 7) is 6.10. The molecule has 2 rings (SSSR count). The Balaban J connectivity index is 1.90. The van der Waals surface area contributed by atoms with Crippen LogP contribution in [-0.4, -0.2) is 36.4 Å². The van der Waals surface area contributed by atoms with Crippen molar-refractivity contribution in [3.8, 4) is 0 Å². The number of hydrogen-bond donors (Lipinski definition) is 1. The first-order valence-corrected chi connectivity index (χ1v) is 7.77. The molecule has 1 N–H and O–H groups in total. The molecule has 0 saturated heterocycles. The van der Waals surface area contributed by atoms with Crippen molar-refractivity contribution in [2.24, 2.45) is 5.92 Å². The van der Waals surface area contributed by atoms with Crippen LogP contribution < -0.4 is 5.32 Å². The van der Waals surface area contributed by atoms with Crippen LogP contribution in [0.1, 0.15) is 57.2 Å². The molecule has 1 fully saturated rings. The fraction of sp³-hybridized carbons (Fsp3) is 0.867. The monoisotopic (exact) mass is 281 g/mol. The highest BCUT2D eigenvalue weighted by atomic mass is 16.5. The number of methoxy groups -OCH3 is 1. The number of nitrogens with zero attached hydrogens (tertiary/aromatic N) is 2. The van der Waals surface area contributed by atoms with Crippen LogP contribution in [0.2, 0.25) is 0 Å². The van der Waals surface area contributed by atoms with E-state index in [4.69, 9.17) is 9.26 Å². The van der Waals surface area contributed by atoms with Crippen molar-refractivity contribution in [1.82, 2.24) is 15.5 Å². The average Bonchev–Trinajstić information content (AvgIpc) is 3.05. The molecule has 1 heterocycles. The predicted octanol–water partition coefficient (Wildman–Crippen LogP) is 2.53. The van der Waals surface area contributed by atoms with Gasteiger partial charge in [0.2, 0.25) is 5.89 Å². The van der Waals surface area contributed by atoms with E-state index >= 15 is 0 Å². The minimum absolute atomic E-state index is 0.246. The third-order valence-electron chi connectivity index (χ3n) is 4.02. The Hall–Kier alpha value is -0.940. The molecule has 3 unspecified atom stereocenters. The molecule has 0 radical (unpaired) electrons. The van der Waals surface area contributed by atoms with Gasteiger partial charge in [-0.15, -0.1) is 0 Å². The van der Waals surface area contributed by atoms with E-state index in [-0.39, 0.29) is 6.04 Å². The summed E-state index contributed by atoms with van der Waals surface area (Å²) in [5, 5.41) is 7.62. The molecule has 5 heteroatoms. The Kier molecular flexibility index (Phi) is 5.98. The molecule has 114 valence electrons. The van der Waals surface area contributed by atoms with Crippen molar-refractivity contribution in [3.05, 3.63) is 11.7 Å². The summed E-state index contributed by atoms with van der Waals surface area (Å²) in [5.74, 6) is 2.91. The molecule has 0 aliphatic heterocycles. The molecule has 1 aromatic rings. The molecule has 20 heavy (non-hydrogen) atoms. The average molecular weight is 281 g/mol. The molecule has 0 bridgehead atoms. The molecule has 0 aromatic carbocycles. The lowest BCUT2D eigenvalue weighted by atomic mass is 10.1. The van der Waals surface area contributed by atoms with E-state index in [9.17, 15) is 0 Å². The van der Waals surface area contributed by atoms with Gasteiger partial charge in [0, 0.05) is 25.5 Å². The summed E-state index contributed by atoms with van der Waals surface area (Å²) in [5.41, 5.74) is 0. The topological polar surface area (TPSA) is 60.2 Å². The standard InChI is InChI=1S/C15H27N3O2/c1-4-7-16-13(10-19-3)9-14-17-15(18-20-14)12-6-5-11(2)8-12/h11-13,16H,4-10H2,1-3H3. The van der Waals surface area contributed by atoms with Gasteiger partial charge in [0.25, 0.3) is 0 Å². The largest absolute Gasteiger partial charge is 0.383 e. The maximum absolute atomic E-state index is 5.41. The van der Waals surface area contributed by atoms with Crippen molar-refractivity contribution in [3.63, 3.8) is 0 Å². The molecule has 1 aliphatic carbocycles. The summed E-state index contributed by atoms with van der Waals surface area (Å²) in [6, 6.07) is 0.246. The Morgan fingerprint density at radius 1 is 1.45 bits per heavy atom. The minimum atomic E-state index is 0.246. The van der Waals surface area contributed by atoms with Crippen molar-refractivity contribution in [1.29, 1.82) is 0 Å². The summed E-state index contributed by atoms with van der Waals surface area (Å²) in [4.78, 5) is 4.58. The Morgan fingerprint density at radius 3 is 2.95 bits per heavy atom. The van der Waals surface area contributed by atoms with Crippen LogP contribution in [-0.2, 0) is 11.2 Å². The van der Waals surface area contributed by atoms with Gasteiger partial charge in [-0.2, -0.15) is 4.98 Å². The second kappa shape index (κ2) is 7.74. The number of nitrogens with one attached hydrogen (secondary N) is 1. The SMILES string of the molecule is CCCNC(COC)Cc1nc(C2CCC(C)C2)no1. The second-order valence-corrected chi connectivity index (χ2v) is 5.97. The zero-order valence-corrected chi connectivity index (χ0v) is 12.9. The first-order chi connectivity index (χ1) is 9.72. The first-order valence-electron chi connectivity index (χ1n) is 7.77. The third-order valence-corrected chi connectivity index (χ3v) is 4.02. The molecule has 3 atom stereocenters. The van der Waals surface area contributed by atoms with Crippen LogP contribution in [0.4, 0.5) is 0 Å². The fourth-order valence-electron chi connectivity index (χ4n) is 2.91. The van der Waals surface area contributed by atoms with Crippen LogP contribution in [0.5, 0.6) is 0 Å². The van der Waals surface area contributed by atoms with Crippen molar-refractivity contribution < 1.29 is 9.26 Å². The van der Waals surface area contributed by atoms with Crippen molar-refractivity contribution in [2.45, 2.75) is 57.9 Å². The van der Waals surface area contributed by atoms with Crippen molar-refractivity contribution >= 4 is 0 Å². The van der Waals surface area contributed by atoms with Crippen LogP contribution in [0, 0.1) is 5.92 Å². The number of ether oxygens (including phenoxy) is 1. The lowest BCUT2D eigenvalue weighted by molar-refractivity contribution is 0.161. The van der Waals surface area contributed by atoms with E-state index < -0.39 is 0 Å². The van der Waals surface area contributed by atoms with Gasteiger partial charge in [0.1, 0.15) is 0 Å². The van der Waals surface area contributed by atoms with Gasteiger partial charge in [0.15, 0.2) is 5.82 Å². The highest BCUT2D eigenvalue weighted by Crippen LogP contribution is 2.36. The van der Waals surface area contributed by atoms with Crippen LogP contribution >= 0.6 is 0 Å². The second-order valence-electron chi connectivity index (χ2n) is 5.97. The number of hydrogen-bond acceptors (Lipinski definition) is 5. The molecule has 1 saturated carbocycles. The molecule has 0 spiro atoms. The van der Waals surface area contributed by atoms with E-state index in [0.29, 0.717) is 12.5 Å². The fourth-order valence-corrected chi connectivity index (χ4v) is 2.91. The van der Waals surface area contributed by atoms with Gasteiger partial charge in [-0.25, -0.2) is 0 Å². The highest BCUT2D eigenvalue weighted by molar-refractivity contribution is 5.00. The van der Waals surface area contributed by atoms with Gasteiger partial charge in [0.05, 0.1) is 6.61 Å². The van der Waals surface area contributed by atoms with Crippen LogP contribution in [0.15, 0.2) is 4.52 Å². The summed E-state index contributed by atoms with van der Waals surface area (Å²) < 4.78 is 10.7. The van der Waals surface area contributed by atoms with E-state index in [1.54, 1.807) is 7.11 Å². The highest BCUT2D eigenvalue weighted by Gasteiger charge is 2.27. The number of aromatic nitrogens is 2. The summed E-state index contributed by atoms with van der Waals surface area (Å²) in [7, 11) is 1.72. The third kappa shape index (κ3) is 4.28. The maximum Gasteiger partial charge on any atom is 0.228 e. The maximum atomic E-state index is 5.41. The van der Waals surface area contributed by atoms with Gasteiger partial charge in [-0.05, 0) is 38.1 Å². The Morgan fingerprint density at radius 2 is 2.30 bits per heavy atom. The summed E-state index contributed by atoms with van der Waals surface area (Å²) in [6.07, 6.45) is 5.50. The lowest BCUT2D eigenvalue weighted by Gasteiger charge is -2.15. The molecule has 0 amide bonds. The zero-order chi connectivity index (χ0) is 14.4. The predicted molar refractivity (Wildman–Crippen MR) is 77.7 cm³/mol. The van der Waals surface area contributed by atoms with Gasteiger partial charge in [-0.3, -0.25) is 0 Å². The zero-order valence-electron chi connectivity index (χ0n) is 12.9. The van der Waals surface area contributed by atoms with Gasteiger partial charge in [-0.1, -0.05) is 19.0 Å². The minimum Gasteiger partial charge on any atom is -0.383 e. The first kappa shape index (κ1) is 15.4. The Labute approximate surface area is 121 Å². The smallest absolute Gasteiger partial charge is 0.228 e. The van der Waals surface area contributed by atoms with Crippen molar-refractivity contribution in [2.75, 3.05) is 20.3 Å². The Bertz CT molecular complexity index is 394. The van der Waals surface area contributed by atoms with Crippen LogP contribution in [0.3, 0.4) is 0 Å². The molecule has 5 nitrogen and oxygen atoms in total. The normalized spacial score (nSPS) is 24.1. The quantitative estimate of drug-likeness (QED) is 0.793. The molecule has 1 aromatic heterocycles. The molecular formula is C15H27N3O2. The van der Waals surface area contributed by atoms with Gasteiger partial charge < -0.3 is 14.6 Å².